The Morgan fingerprint density at radius 1 is 0.980 bits per heavy atom. The van der Waals surface area contributed by atoms with Crippen molar-refractivity contribution >= 4 is 48.0 Å². The molecular weight excluding hydrogens is 726 g/mol. The van der Waals surface area contributed by atoms with E-state index in [0.29, 0.717) is 53.8 Å². The highest BCUT2D eigenvalue weighted by atomic mass is 32.2. The number of sulfonamides is 1. The molecule has 19 heteroatoms. The molecular formula is C31H32F5N7O4S3. The van der Waals surface area contributed by atoms with E-state index in [-0.39, 0.29) is 46.8 Å². The van der Waals surface area contributed by atoms with Crippen molar-refractivity contribution in [2.45, 2.75) is 55.9 Å². The fourth-order valence-corrected chi connectivity index (χ4v) is 10.1. The largest absolute Gasteiger partial charge is 0.417 e. The van der Waals surface area contributed by atoms with Crippen LogP contribution in [0.15, 0.2) is 53.6 Å². The van der Waals surface area contributed by atoms with E-state index < -0.39 is 53.8 Å². The third-order valence-corrected chi connectivity index (χ3v) is 12.7. The number of thiazole rings is 1. The number of nitrogens with zero attached hydrogens (tertiary/aromatic N) is 4. The first-order valence-electron chi connectivity index (χ1n) is 15.5. The lowest BCUT2D eigenvalue weighted by molar-refractivity contribution is -0.140. The molecule has 0 unspecified atom stereocenters. The maximum atomic E-state index is 16.4. The number of anilines is 3. The van der Waals surface area contributed by atoms with Crippen molar-refractivity contribution < 1.29 is 38.8 Å². The van der Waals surface area contributed by atoms with Crippen molar-refractivity contribution in [1.29, 1.82) is 0 Å². The summed E-state index contributed by atoms with van der Waals surface area (Å²) in [5.74, 6) is -2.54. The summed E-state index contributed by atoms with van der Waals surface area (Å²) in [6, 6.07) is 6.74. The van der Waals surface area contributed by atoms with Crippen LogP contribution in [0.3, 0.4) is 0 Å². The molecule has 0 saturated carbocycles. The predicted molar refractivity (Wildman–Crippen MR) is 180 cm³/mol. The average molecular weight is 758 g/mol. The Hall–Kier alpha value is -3.94. The number of nitrogens with one attached hydrogen (secondary N) is 3. The molecule has 0 radical (unpaired) electrons. The molecule has 4 heterocycles. The molecule has 3 N–H and O–H groups in total. The molecule has 0 spiro atoms. The lowest BCUT2D eigenvalue weighted by Gasteiger charge is -2.39. The van der Waals surface area contributed by atoms with Crippen LogP contribution in [0.25, 0.3) is 21.8 Å². The maximum absolute atomic E-state index is 16.4. The van der Waals surface area contributed by atoms with Gasteiger partial charge in [0.05, 0.1) is 39.0 Å². The van der Waals surface area contributed by atoms with Gasteiger partial charge in [-0.2, -0.15) is 13.2 Å². The molecule has 2 atom stereocenters. The second kappa shape index (κ2) is 13.6. The Kier molecular flexibility index (Phi) is 9.79. The number of hydrogen-bond acceptors (Lipinski definition) is 11. The highest BCUT2D eigenvalue weighted by molar-refractivity contribution is 7.92. The SMILES string of the molecule is C[C@H]1CNC[C@H](C)N1c1nc(-c2cccc(NS(=O)(=O)c3c(F)cccc3C(F)(F)F)c2F)c(-c2ccnc(NC3CCS(=O)(=O)CC3)n2)s1. The van der Waals surface area contributed by atoms with Gasteiger partial charge in [-0.3, -0.25) is 4.72 Å². The van der Waals surface area contributed by atoms with Gasteiger partial charge in [0.2, 0.25) is 5.95 Å². The highest BCUT2D eigenvalue weighted by Gasteiger charge is 2.39. The van der Waals surface area contributed by atoms with Crippen LogP contribution >= 0.6 is 11.3 Å². The van der Waals surface area contributed by atoms with E-state index in [4.69, 9.17) is 4.98 Å². The van der Waals surface area contributed by atoms with E-state index >= 15 is 4.39 Å². The first-order chi connectivity index (χ1) is 23.5. The van der Waals surface area contributed by atoms with Gasteiger partial charge in [0, 0.05) is 43.0 Å². The van der Waals surface area contributed by atoms with E-state index in [0.717, 1.165) is 12.1 Å². The van der Waals surface area contributed by atoms with E-state index in [2.05, 4.69) is 25.5 Å². The van der Waals surface area contributed by atoms with Crippen LogP contribution in [0.1, 0.15) is 32.3 Å². The van der Waals surface area contributed by atoms with Crippen molar-refractivity contribution in [3.63, 3.8) is 0 Å². The van der Waals surface area contributed by atoms with Crippen molar-refractivity contribution in [1.82, 2.24) is 20.3 Å². The molecule has 268 valence electrons. The molecule has 0 aliphatic carbocycles. The number of sulfone groups is 1. The van der Waals surface area contributed by atoms with Crippen molar-refractivity contribution in [3.8, 4) is 21.8 Å². The number of halogens is 5. The van der Waals surface area contributed by atoms with Crippen LogP contribution in [0.5, 0.6) is 0 Å². The van der Waals surface area contributed by atoms with Crippen LogP contribution in [0, 0.1) is 11.6 Å². The molecule has 4 aromatic rings. The van der Waals surface area contributed by atoms with E-state index in [1.165, 1.54) is 29.7 Å². The zero-order valence-corrected chi connectivity index (χ0v) is 29.1. The van der Waals surface area contributed by atoms with Gasteiger partial charge >= 0.3 is 6.18 Å². The van der Waals surface area contributed by atoms with Gasteiger partial charge in [-0.1, -0.05) is 23.5 Å². The first-order valence-corrected chi connectivity index (χ1v) is 19.6. The summed E-state index contributed by atoms with van der Waals surface area (Å²) in [6.45, 7) is 5.28. The molecule has 2 saturated heterocycles. The molecule has 2 aliphatic heterocycles. The molecule has 2 aliphatic rings. The van der Waals surface area contributed by atoms with Crippen LogP contribution in [-0.2, 0) is 26.0 Å². The maximum Gasteiger partial charge on any atom is 0.417 e. The minimum atomic E-state index is -5.28. The van der Waals surface area contributed by atoms with Crippen molar-refractivity contribution in [2.75, 3.05) is 39.5 Å². The third kappa shape index (κ3) is 7.40. The fraction of sp³-hybridized carbons (Fsp3) is 0.387. The molecule has 0 amide bonds. The minimum absolute atomic E-state index is 0.0117. The number of aromatic nitrogens is 3. The van der Waals surface area contributed by atoms with Gasteiger partial charge in [0.15, 0.2) is 10.9 Å². The lowest BCUT2D eigenvalue weighted by atomic mass is 10.1. The molecule has 2 fully saturated rings. The number of rotatable bonds is 8. The van der Waals surface area contributed by atoms with Gasteiger partial charge in [-0.15, -0.1) is 0 Å². The summed E-state index contributed by atoms with van der Waals surface area (Å²) in [4.78, 5) is 14.5. The Balaban J connectivity index is 1.42. The standard InChI is InChI=1S/C31H32F5N7O4S3/c1-17-15-37-16-18(2)43(17)30-41-26(27(48-30)24-9-12-38-29(40-24)39-19-10-13-49(44,45)14-11-19)20-5-3-8-23(25(20)33)42-50(46,47)28-21(31(34,35)36)6-4-7-22(28)32/h3-9,12,17-19,37,42H,10-11,13-16H2,1-2H3,(H,38,39,40)/t17-,18-/m0/s1. The van der Waals surface area contributed by atoms with Gasteiger partial charge in [0.1, 0.15) is 20.5 Å². The first kappa shape index (κ1) is 35.9. The topological polar surface area (TPSA) is 146 Å². The molecule has 50 heavy (non-hydrogen) atoms. The number of hydrogen-bond donors (Lipinski definition) is 3. The molecule has 2 aromatic carbocycles. The second-order valence-electron chi connectivity index (χ2n) is 12.2. The quantitative estimate of drug-likeness (QED) is 0.196. The van der Waals surface area contributed by atoms with Gasteiger partial charge in [-0.25, -0.2) is 40.6 Å². The molecule has 2 aromatic heterocycles. The van der Waals surface area contributed by atoms with E-state index in [9.17, 15) is 34.4 Å². The summed E-state index contributed by atoms with van der Waals surface area (Å²) in [6.07, 6.45) is -2.99. The monoisotopic (exact) mass is 757 g/mol. The summed E-state index contributed by atoms with van der Waals surface area (Å²) < 4.78 is 124. The normalized spacial score (nSPS) is 20.1. The second-order valence-corrected chi connectivity index (χ2v) is 17.1. The van der Waals surface area contributed by atoms with Crippen molar-refractivity contribution in [3.05, 3.63) is 65.9 Å². The van der Waals surface area contributed by atoms with Gasteiger partial charge in [-0.05, 0) is 57.0 Å². The third-order valence-electron chi connectivity index (χ3n) is 8.48. The van der Waals surface area contributed by atoms with Crippen LogP contribution < -0.4 is 20.3 Å². The Labute approximate surface area is 289 Å². The summed E-state index contributed by atoms with van der Waals surface area (Å²) >= 11 is 1.22. The average Bonchev–Trinajstić information content (AvgIpc) is 3.47. The molecule has 11 nitrogen and oxygen atoms in total. The number of piperazine rings is 1. The van der Waals surface area contributed by atoms with Crippen LogP contribution in [0.4, 0.5) is 38.7 Å². The Morgan fingerprint density at radius 3 is 2.34 bits per heavy atom. The predicted octanol–water partition coefficient (Wildman–Crippen LogP) is 5.54. The number of benzene rings is 2. The van der Waals surface area contributed by atoms with E-state index in [1.807, 2.05) is 13.8 Å². The summed E-state index contributed by atoms with van der Waals surface area (Å²) in [5, 5.41) is 7.03. The number of alkyl halides is 3. The smallest absolute Gasteiger partial charge is 0.351 e. The molecule has 6 rings (SSSR count). The summed E-state index contributed by atoms with van der Waals surface area (Å²) in [5.41, 5.74) is -2.23. The lowest BCUT2D eigenvalue weighted by Crippen LogP contribution is -2.55. The van der Waals surface area contributed by atoms with Crippen molar-refractivity contribution in [2.24, 2.45) is 0 Å². The molecule has 0 bridgehead atoms. The van der Waals surface area contributed by atoms with Gasteiger partial charge < -0.3 is 15.5 Å². The Bertz CT molecular complexity index is 2110. The van der Waals surface area contributed by atoms with Gasteiger partial charge in [0.25, 0.3) is 10.0 Å². The van der Waals surface area contributed by atoms with E-state index in [1.54, 1.807) is 10.8 Å². The van der Waals surface area contributed by atoms with Crippen LogP contribution in [0.2, 0.25) is 0 Å². The summed E-state index contributed by atoms with van der Waals surface area (Å²) in [7, 11) is -8.38. The fourth-order valence-electron chi connectivity index (χ4n) is 6.05. The Morgan fingerprint density at radius 2 is 1.66 bits per heavy atom. The zero-order chi connectivity index (χ0) is 36.0. The minimum Gasteiger partial charge on any atom is -0.351 e. The van der Waals surface area contributed by atoms with Crippen LogP contribution in [-0.4, -0.2) is 74.5 Å². The zero-order valence-electron chi connectivity index (χ0n) is 26.6. The highest BCUT2D eigenvalue weighted by Crippen LogP contribution is 2.43.